The van der Waals surface area contributed by atoms with E-state index >= 15 is 0 Å². The van der Waals surface area contributed by atoms with E-state index in [0.29, 0.717) is 18.9 Å². The molecule has 0 aromatic heterocycles. The van der Waals surface area contributed by atoms with Crippen LogP contribution in [0, 0.1) is 5.92 Å². The standard InChI is InChI=1S/C17H26N2O2/c1-14(18)15-7-5-11-19(13-15)17(20)10-6-12-21-16-8-3-2-4-9-16/h2-4,8-9,14-15H,5-7,10-13,18H2,1H3. The quantitative estimate of drug-likeness (QED) is 0.819. The third-order valence-electron chi connectivity index (χ3n) is 4.10. The van der Waals surface area contributed by atoms with E-state index in [0.717, 1.165) is 38.1 Å². The Labute approximate surface area is 127 Å². The van der Waals surface area contributed by atoms with Crippen LogP contribution in [0.2, 0.25) is 0 Å². The molecule has 1 aromatic carbocycles. The Morgan fingerprint density at radius 2 is 2.19 bits per heavy atom. The largest absolute Gasteiger partial charge is 0.494 e. The van der Waals surface area contributed by atoms with Gasteiger partial charge in [-0.1, -0.05) is 18.2 Å². The van der Waals surface area contributed by atoms with Crippen LogP contribution in [0.15, 0.2) is 30.3 Å². The number of carbonyl (C=O) groups excluding carboxylic acids is 1. The summed E-state index contributed by atoms with van der Waals surface area (Å²) < 4.78 is 5.61. The molecule has 4 nitrogen and oxygen atoms in total. The highest BCUT2D eigenvalue weighted by Gasteiger charge is 2.25. The van der Waals surface area contributed by atoms with Crippen LogP contribution in [0.25, 0.3) is 0 Å². The SMILES string of the molecule is CC(N)C1CCCN(C(=O)CCCOc2ccccc2)C1. The molecular weight excluding hydrogens is 264 g/mol. The lowest BCUT2D eigenvalue weighted by molar-refractivity contribution is -0.133. The zero-order valence-electron chi connectivity index (χ0n) is 12.8. The highest BCUT2D eigenvalue weighted by molar-refractivity contribution is 5.76. The number of rotatable bonds is 6. The molecule has 1 amide bonds. The van der Waals surface area contributed by atoms with Gasteiger partial charge in [0.1, 0.15) is 5.75 Å². The second kappa shape index (κ2) is 8.03. The minimum Gasteiger partial charge on any atom is -0.494 e. The molecule has 0 spiro atoms. The number of amides is 1. The molecule has 0 saturated carbocycles. The fourth-order valence-electron chi connectivity index (χ4n) is 2.75. The molecule has 1 saturated heterocycles. The Balaban J connectivity index is 1.67. The average Bonchev–Trinajstić information content (AvgIpc) is 2.52. The van der Waals surface area contributed by atoms with Gasteiger partial charge in [0.15, 0.2) is 0 Å². The van der Waals surface area contributed by atoms with E-state index in [1.165, 1.54) is 0 Å². The summed E-state index contributed by atoms with van der Waals surface area (Å²) >= 11 is 0. The molecule has 4 heteroatoms. The predicted octanol–water partition coefficient (Wildman–Crippen LogP) is 2.43. The van der Waals surface area contributed by atoms with Crippen LogP contribution in [0.4, 0.5) is 0 Å². The van der Waals surface area contributed by atoms with Crippen LogP contribution in [0.3, 0.4) is 0 Å². The molecule has 2 N–H and O–H groups in total. The van der Waals surface area contributed by atoms with E-state index in [9.17, 15) is 4.79 Å². The first kappa shape index (κ1) is 15.8. The van der Waals surface area contributed by atoms with Gasteiger partial charge in [0.2, 0.25) is 5.91 Å². The normalized spacial score (nSPS) is 20.1. The molecule has 1 fully saturated rings. The van der Waals surface area contributed by atoms with Crippen LogP contribution in [0.1, 0.15) is 32.6 Å². The van der Waals surface area contributed by atoms with Gasteiger partial charge in [-0.05, 0) is 44.2 Å². The minimum atomic E-state index is 0.169. The third kappa shape index (κ3) is 5.05. The average molecular weight is 290 g/mol. The summed E-state index contributed by atoms with van der Waals surface area (Å²) in [4.78, 5) is 14.2. The molecule has 1 aliphatic rings. The summed E-state index contributed by atoms with van der Waals surface area (Å²) in [7, 11) is 0. The molecule has 2 rings (SSSR count). The Kier molecular flexibility index (Phi) is 6.05. The lowest BCUT2D eigenvalue weighted by atomic mass is 9.92. The molecule has 0 aliphatic carbocycles. The van der Waals surface area contributed by atoms with Gasteiger partial charge in [0.25, 0.3) is 0 Å². The molecule has 1 aromatic rings. The first-order chi connectivity index (χ1) is 10.2. The number of para-hydroxylation sites is 1. The van der Waals surface area contributed by atoms with Crippen molar-refractivity contribution in [3.63, 3.8) is 0 Å². The van der Waals surface area contributed by atoms with Crippen LogP contribution < -0.4 is 10.5 Å². The van der Waals surface area contributed by atoms with Crippen molar-refractivity contribution in [3.05, 3.63) is 30.3 Å². The van der Waals surface area contributed by atoms with Crippen molar-refractivity contribution in [1.82, 2.24) is 4.90 Å². The van der Waals surface area contributed by atoms with E-state index in [1.807, 2.05) is 42.2 Å². The summed E-state index contributed by atoms with van der Waals surface area (Å²) in [5.74, 6) is 1.54. The fourth-order valence-corrected chi connectivity index (χ4v) is 2.75. The van der Waals surface area contributed by atoms with Gasteiger partial charge in [-0.2, -0.15) is 0 Å². The molecule has 2 unspecified atom stereocenters. The number of ether oxygens (including phenoxy) is 1. The molecule has 21 heavy (non-hydrogen) atoms. The second-order valence-electron chi connectivity index (χ2n) is 5.87. The van der Waals surface area contributed by atoms with Crippen molar-refractivity contribution in [2.75, 3.05) is 19.7 Å². The summed E-state index contributed by atoms with van der Waals surface area (Å²) in [6.07, 6.45) is 3.52. The molecule has 116 valence electrons. The van der Waals surface area contributed by atoms with Gasteiger partial charge in [-0.3, -0.25) is 4.79 Å². The van der Waals surface area contributed by atoms with Crippen LogP contribution in [-0.2, 0) is 4.79 Å². The van der Waals surface area contributed by atoms with Crippen LogP contribution in [0.5, 0.6) is 5.75 Å². The number of nitrogens with two attached hydrogens (primary N) is 1. The topological polar surface area (TPSA) is 55.6 Å². The fraction of sp³-hybridized carbons (Fsp3) is 0.588. The van der Waals surface area contributed by atoms with Gasteiger partial charge in [-0.15, -0.1) is 0 Å². The minimum absolute atomic E-state index is 0.169. The summed E-state index contributed by atoms with van der Waals surface area (Å²) in [5.41, 5.74) is 5.96. The molecule has 1 heterocycles. The molecule has 1 aliphatic heterocycles. The lowest BCUT2D eigenvalue weighted by Gasteiger charge is -2.34. The summed E-state index contributed by atoms with van der Waals surface area (Å²) in [6.45, 7) is 4.31. The first-order valence-electron chi connectivity index (χ1n) is 7.88. The number of likely N-dealkylation sites (tertiary alicyclic amines) is 1. The number of hydrogen-bond donors (Lipinski definition) is 1. The molecule has 0 radical (unpaired) electrons. The Hall–Kier alpha value is -1.55. The Bertz CT molecular complexity index is 434. The number of hydrogen-bond acceptors (Lipinski definition) is 3. The molecule has 0 bridgehead atoms. The maximum atomic E-state index is 12.2. The summed E-state index contributed by atoms with van der Waals surface area (Å²) in [5, 5.41) is 0. The van der Waals surface area contributed by atoms with Crippen molar-refractivity contribution in [2.45, 2.75) is 38.6 Å². The van der Waals surface area contributed by atoms with Gasteiger partial charge in [-0.25, -0.2) is 0 Å². The maximum absolute atomic E-state index is 12.2. The number of benzene rings is 1. The number of piperidine rings is 1. The van der Waals surface area contributed by atoms with E-state index < -0.39 is 0 Å². The predicted molar refractivity (Wildman–Crippen MR) is 84.1 cm³/mol. The number of carbonyl (C=O) groups is 1. The zero-order chi connectivity index (χ0) is 15.1. The maximum Gasteiger partial charge on any atom is 0.222 e. The van der Waals surface area contributed by atoms with Crippen molar-refractivity contribution in [3.8, 4) is 5.75 Å². The van der Waals surface area contributed by atoms with Crippen molar-refractivity contribution in [1.29, 1.82) is 0 Å². The number of nitrogens with zero attached hydrogens (tertiary/aromatic N) is 1. The van der Waals surface area contributed by atoms with Gasteiger partial charge in [0, 0.05) is 25.6 Å². The summed E-state index contributed by atoms with van der Waals surface area (Å²) in [6, 6.07) is 9.88. The van der Waals surface area contributed by atoms with Crippen molar-refractivity contribution < 1.29 is 9.53 Å². The third-order valence-corrected chi connectivity index (χ3v) is 4.10. The second-order valence-corrected chi connectivity index (χ2v) is 5.87. The van der Waals surface area contributed by atoms with Crippen molar-refractivity contribution >= 4 is 5.91 Å². The molecule has 2 atom stereocenters. The molecular formula is C17H26N2O2. The van der Waals surface area contributed by atoms with Gasteiger partial charge >= 0.3 is 0 Å². The van der Waals surface area contributed by atoms with Crippen LogP contribution in [-0.4, -0.2) is 36.5 Å². The first-order valence-corrected chi connectivity index (χ1v) is 7.88. The highest BCUT2D eigenvalue weighted by Crippen LogP contribution is 2.19. The van der Waals surface area contributed by atoms with Crippen molar-refractivity contribution in [2.24, 2.45) is 11.7 Å². The van der Waals surface area contributed by atoms with E-state index in [4.69, 9.17) is 10.5 Å². The van der Waals surface area contributed by atoms with E-state index in [-0.39, 0.29) is 11.9 Å². The Morgan fingerprint density at radius 3 is 2.90 bits per heavy atom. The van der Waals surface area contributed by atoms with E-state index in [1.54, 1.807) is 0 Å². The lowest BCUT2D eigenvalue weighted by Crippen LogP contribution is -2.45. The van der Waals surface area contributed by atoms with Crippen LogP contribution >= 0.6 is 0 Å². The highest BCUT2D eigenvalue weighted by atomic mass is 16.5. The monoisotopic (exact) mass is 290 g/mol. The van der Waals surface area contributed by atoms with Gasteiger partial charge < -0.3 is 15.4 Å². The van der Waals surface area contributed by atoms with E-state index in [2.05, 4.69) is 0 Å². The zero-order valence-corrected chi connectivity index (χ0v) is 12.8. The van der Waals surface area contributed by atoms with Gasteiger partial charge in [0.05, 0.1) is 6.61 Å². The smallest absolute Gasteiger partial charge is 0.222 e. The Morgan fingerprint density at radius 1 is 1.43 bits per heavy atom.